The summed E-state index contributed by atoms with van der Waals surface area (Å²) in [7, 11) is -3.58. The van der Waals surface area contributed by atoms with Crippen molar-refractivity contribution < 1.29 is 13.2 Å². The third-order valence-corrected chi connectivity index (χ3v) is 7.31. The number of nitrogens with zero attached hydrogens (tertiary/aromatic N) is 1. The van der Waals surface area contributed by atoms with Gasteiger partial charge in [-0.3, -0.25) is 4.79 Å². The molecule has 0 bridgehead atoms. The van der Waals surface area contributed by atoms with Crippen LogP contribution in [-0.4, -0.2) is 31.7 Å². The van der Waals surface area contributed by atoms with Crippen LogP contribution < -0.4 is 5.32 Å². The molecule has 1 fully saturated rings. The zero-order valence-electron chi connectivity index (χ0n) is 16.4. The van der Waals surface area contributed by atoms with E-state index in [1.54, 1.807) is 12.1 Å². The van der Waals surface area contributed by atoms with Crippen LogP contribution in [0.3, 0.4) is 0 Å². The number of hydrogen-bond donors (Lipinski definition) is 1. The highest BCUT2D eigenvalue weighted by molar-refractivity contribution is 7.89. The molecule has 150 valence electrons. The van der Waals surface area contributed by atoms with Crippen molar-refractivity contribution in [3.8, 4) is 0 Å². The molecule has 0 aliphatic carbocycles. The van der Waals surface area contributed by atoms with Crippen LogP contribution in [0.15, 0.2) is 65.6 Å². The van der Waals surface area contributed by atoms with Gasteiger partial charge in [-0.25, -0.2) is 8.42 Å². The molecule has 0 atom stereocenters. The van der Waals surface area contributed by atoms with E-state index in [2.05, 4.69) is 5.32 Å². The predicted molar refractivity (Wildman–Crippen MR) is 116 cm³/mol. The molecule has 1 aliphatic rings. The molecule has 0 spiro atoms. The number of nitrogens with one attached hydrogen (secondary N) is 1. The second kappa shape index (κ2) is 7.97. The van der Waals surface area contributed by atoms with Crippen molar-refractivity contribution in [3.63, 3.8) is 0 Å². The lowest BCUT2D eigenvalue weighted by Crippen LogP contribution is -2.35. The van der Waals surface area contributed by atoms with Gasteiger partial charge in [0.05, 0.1) is 4.90 Å². The number of anilines is 1. The molecule has 6 heteroatoms. The van der Waals surface area contributed by atoms with Crippen LogP contribution in [0.1, 0.15) is 35.2 Å². The predicted octanol–water partition coefficient (Wildman–Crippen LogP) is 4.58. The average molecular weight is 409 g/mol. The van der Waals surface area contributed by atoms with Gasteiger partial charge in [-0.1, -0.05) is 42.8 Å². The molecule has 1 N–H and O–H groups in total. The molecule has 3 aromatic rings. The summed E-state index contributed by atoms with van der Waals surface area (Å²) in [5, 5.41) is 5.03. The largest absolute Gasteiger partial charge is 0.322 e. The number of benzene rings is 3. The maximum absolute atomic E-state index is 13.0. The van der Waals surface area contributed by atoms with Crippen molar-refractivity contribution in [3.05, 3.63) is 71.8 Å². The fraction of sp³-hybridized carbons (Fsp3) is 0.261. The number of sulfonamides is 1. The van der Waals surface area contributed by atoms with Gasteiger partial charge in [0.15, 0.2) is 0 Å². The van der Waals surface area contributed by atoms with Crippen molar-refractivity contribution in [2.24, 2.45) is 0 Å². The second-order valence-corrected chi connectivity index (χ2v) is 9.40. The van der Waals surface area contributed by atoms with Crippen LogP contribution in [0.4, 0.5) is 5.69 Å². The van der Waals surface area contributed by atoms with Crippen molar-refractivity contribution in [2.75, 3.05) is 18.4 Å². The van der Waals surface area contributed by atoms with Crippen LogP contribution in [0.25, 0.3) is 10.8 Å². The number of carbonyl (C=O) groups is 1. The number of rotatable bonds is 4. The molecular weight excluding hydrogens is 384 g/mol. The van der Waals surface area contributed by atoms with Crippen molar-refractivity contribution in [2.45, 2.75) is 31.1 Å². The Balaban J connectivity index is 1.61. The van der Waals surface area contributed by atoms with E-state index in [4.69, 9.17) is 0 Å². The standard InChI is InChI=1S/C23H24N2O3S/c1-17-9-12-21(29(27,28)25-13-5-2-6-14-25)16-22(17)23(26)24-20-11-10-18-7-3-4-8-19(18)15-20/h3-4,7-12,15-16H,2,5-6,13-14H2,1H3,(H,24,26). The monoisotopic (exact) mass is 408 g/mol. The molecule has 29 heavy (non-hydrogen) atoms. The van der Waals surface area contributed by atoms with Crippen molar-refractivity contribution in [1.82, 2.24) is 4.31 Å². The van der Waals surface area contributed by atoms with Crippen LogP contribution >= 0.6 is 0 Å². The SMILES string of the molecule is Cc1ccc(S(=O)(=O)N2CCCCC2)cc1C(=O)Nc1ccc2ccccc2c1. The highest BCUT2D eigenvalue weighted by Crippen LogP contribution is 2.24. The van der Waals surface area contributed by atoms with E-state index in [9.17, 15) is 13.2 Å². The van der Waals surface area contributed by atoms with Gasteiger partial charge >= 0.3 is 0 Å². The fourth-order valence-corrected chi connectivity index (χ4v) is 5.27. The number of hydrogen-bond acceptors (Lipinski definition) is 3. The first-order chi connectivity index (χ1) is 13.9. The molecule has 0 radical (unpaired) electrons. The Hall–Kier alpha value is -2.70. The Morgan fingerprint density at radius 2 is 1.62 bits per heavy atom. The highest BCUT2D eigenvalue weighted by atomic mass is 32.2. The summed E-state index contributed by atoms with van der Waals surface area (Å²) in [6.45, 7) is 2.89. The Kier molecular flexibility index (Phi) is 5.39. The Labute approximate surface area is 171 Å². The van der Waals surface area contributed by atoms with Gasteiger partial charge < -0.3 is 5.32 Å². The summed E-state index contributed by atoms with van der Waals surface area (Å²) in [4.78, 5) is 13.1. The summed E-state index contributed by atoms with van der Waals surface area (Å²) >= 11 is 0. The third kappa shape index (κ3) is 4.04. The molecule has 0 aromatic heterocycles. The highest BCUT2D eigenvalue weighted by Gasteiger charge is 2.27. The fourth-order valence-electron chi connectivity index (χ4n) is 3.73. The molecule has 5 nitrogen and oxygen atoms in total. The Morgan fingerprint density at radius 3 is 2.38 bits per heavy atom. The summed E-state index contributed by atoms with van der Waals surface area (Å²) in [5.74, 6) is -0.312. The Bertz CT molecular complexity index is 1170. The minimum absolute atomic E-state index is 0.175. The zero-order chi connectivity index (χ0) is 20.4. The van der Waals surface area contributed by atoms with Crippen LogP contribution in [-0.2, 0) is 10.0 Å². The van der Waals surface area contributed by atoms with Gasteiger partial charge in [0.2, 0.25) is 10.0 Å². The summed E-state index contributed by atoms with van der Waals surface area (Å²) in [6.07, 6.45) is 2.81. The first kappa shape index (κ1) is 19.6. The van der Waals surface area contributed by atoms with Gasteiger partial charge in [-0.15, -0.1) is 0 Å². The van der Waals surface area contributed by atoms with Gasteiger partial charge in [0, 0.05) is 24.3 Å². The lowest BCUT2D eigenvalue weighted by molar-refractivity contribution is 0.102. The van der Waals surface area contributed by atoms with E-state index in [1.165, 1.54) is 10.4 Å². The van der Waals surface area contributed by atoms with E-state index in [0.717, 1.165) is 35.6 Å². The lowest BCUT2D eigenvalue weighted by atomic mass is 10.1. The van der Waals surface area contributed by atoms with Crippen LogP contribution in [0, 0.1) is 6.92 Å². The van der Waals surface area contributed by atoms with Gasteiger partial charge in [-0.2, -0.15) is 4.31 Å². The van der Waals surface area contributed by atoms with E-state index in [1.807, 2.05) is 49.4 Å². The molecule has 0 saturated carbocycles. The number of aryl methyl sites for hydroxylation is 1. The second-order valence-electron chi connectivity index (χ2n) is 7.46. The van der Waals surface area contributed by atoms with E-state index < -0.39 is 10.0 Å². The first-order valence-electron chi connectivity index (χ1n) is 9.86. The number of piperidine rings is 1. The quantitative estimate of drug-likeness (QED) is 0.687. The molecule has 1 amide bonds. The topological polar surface area (TPSA) is 66.5 Å². The number of fused-ring (bicyclic) bond motifs is 1. The third-order valence-electron chi connectivity index (χ3n) is 5.41. The Morgan fingerprint density at radius 1 is 0.897 bits per heavy atom. The lowest BCUT2D eigenvalue weighted by Gasteiger charge is -2.26. The van der Waals surface area contributed by atoms with Gasteiger partial charge in [0.25, 0.3) is 5.91 Å². The van der Waals surface area contributed by atoms with Gasteiger partial charge in [-0.05, 0) is 60.4 Å². The van der Waals surface area contributed by atoms with E-state index in [-0.39, 0.29) is 10.8 Å². The van der Waals surface area contributed by atoms with E-state index in [0.29, 0.717) is 24.3 Å². The van der Waals surface area contributed by atoms with Crippen molar-refractivity contribution >= 4 is 32.4 Å². The molecule has 1 aliphatic heterocycles. The molecule has 4 rings (SSSR count). The summed E-state index contributed by atoms with van der Waals surface area (Å²) in [5.41, 5.74) is 1.79. The number of amides is 1. The maximum atomic E-state index is 13.0. The number of carbonyl (C=O) groups excluding carboxylic acids is 1. The average Bonchev–Trinajstić information content (AvgIpc) is 2.74. The molecular formula is C23H24N2O3S. The summed E-state index contributed by atoms with van der Waals surface area (Å²) in [6, 6.07) is 18.4. The molecule has 0 unspecified atom stereocenters. The van der Waals surface area contributed by atoms with Crippen LogP contribution in [0.2, 0.25) is 0 Å². The van der Waals surface area contributed by atoms with Crippen molar-refractivity contribution in [1.29, 1.82) is 0 Å². The van der Waals surface area contributed by atoms with Gasteiger partial charge in [0.1, 0.15) is 0 Å². The van der Waals surface area contributed by atoms with E-state index >= 15 is 0 Å². The summed E-state index contributed by atoms with van der Waals surface area (Å²) < 4.78 is 27.5. The molecule has 1 heterocycles. The molecule has 3 aromatic carbocycles. The first-order valence-corrected chi connectivity index (χ1v) is 11.3. The van der Waals surface area contributed by atoms with Crippen LogP contribution in [0.5, 0.6) is 0 Å². The minimum Gasteiger partial charge on any atom is -0.322 e. The maximum Gasteiger partial charge on any atom is 0.255 e. The zero-order valence-corrected chi connectivity index (χ0v) is 17.2. The normalized spacial score (nSPS) is 15.3. The minimum atomic E-state index is -3.58. The molecule has 1 saturated heterocycles. The smallest absolute Gasteiger partial charge is 0.255 e.